The molecular weight excluding hydrogens is 242 g/mol. The molecule has 1 aromatic heterocycles. The molecule has 0 bridgehead atoms. The zero-order valence-electron chi connectivity index (χ0n) is 11.3. The highest BCUT2D eigenvalue weighted by atomic mass is 16.5. The first kappa shape index (κ1) is 13.7. The van der Waals surface area contributed by atoms with Crippen LogP contribution in [0.1, 0.15) is 22.8 Å². The van der Waals surface area contributed by atoms with Crippen molar-refractivity contribution >= 4 is 0 Å². The third-order valence-corrected chi connectivity index (χ3v) is 2.83. The molecule has 1 heterocycles. The van der Waals surface area contributed by atoms with Crippen molar-refractivity contribution in [3.05, 3.63) is 47.1 Å². The number of benzene rings is 1. The van der Waals surface area contributed by atoms with Gasteiger partial charge < -0.3 is 14.6 Å². The number of nitrogens with zero attached hydrogens (tertiary/aromatic N) is 2. The highest BCUT2D eigenvalue weighted by Crippen LogP contribution is 2.09. The molecule has 0 aliphatic heterocycles. The molecule has 2 aromatic rings. The van der Waals surface area contributed by atoms with E-state index in [0.29, 0.717) is 12.5 Å². The Morgan fingerprint density at radius 3 is 2.74 bits per heavy atom. The van der Waals surface area contributed by atoms with Crippen LogP contribution in [0, 0.1) is 6.92 Å². The third-order valence-electron chi connectivity index (χ3n) is 2.83. The van der Waals surface area contributed by atoms with Gasteiger partial charge in [0.1, 0.15) is 0 Å². The quantitative estimate of drug-likeness (QED) is 0.771. The second kappa shape index (κ2) is 7.01. The first-order valence-electron chi connectivity index (χ1n) is 6.35. The zero-order chi connectivity index (χ0) is 13.5. The summed E-state index contributed by atoms with van der Waals surface area (Å²) < 4.78 is 10.1. The summed E-state index contributed by atoms with van der Waals surface area (Å²) in [6, 6.07) is 8.27. The fourth-order valence-corrected chi connectivity index (χ4v) is 1.89. The highest BCUT2D eigenvalue weighted by Gasteiger charge is 2.03. The number of rotatable bonds is 7. The number of ether oxygens (including phenoxy) is 1. The van der Waals surface area contributed by atoms with Gasteiger partial charge in [-0.3, -0.25) is 0 Å². The van der Waals surface area contributed by atoms with Crippen molar-refractivity contribution in [3.8, 4) is 0 Å². The van der Waals surface area contributed by atoms with Crippen molar-refractivity contribution in [2.24, 2.45) is 0 Å². The standard InChI is InChI=1S/C14H19N3O2/c1-11-16-14(17-19-11)7-8-15-9-12-5-3-4-6-13(12)10-18-2/h3-6,15H,7-10H2,1-2H3. The number of aryl methyl sites for hydroxylation is 1. The van der Waals surface area contributed by atoms with Crippen LogP contribution in [0.5, 0.6) is 0 Å². The molecule has 1 aromatic carbocycles. The Kier molecular flexibility index (Phi) is 5.06. The molecule has 0 aliphatic carbocycles. The zero-order valence-corrected chi connectivity index (χ0v) is 11.3. The molecule has 2 rings (SSSR count). The minimum absolute atomic E-state index is 0.612. The van der Waals surface area contributed by atoms with E-state index in [1.54, 1.807) is 14.0 Å². The highest BCUT2D eigenvalue weighted by molar-refractivity contribution is 5.26. The predicted octanol–water partition coefficient (Wildman–Crippen LogP) is 1.86. The van der Waals surface area contributed by atoms with Crippen LogP contribution in [0.4, 0.5) is 0 Å². The van der Waals surface area contributed by atoms with Crippen molar-refractivity contribution in [2.75, 3.05) is 13.7 Å². The Bertz CT molecular complexity index is 511. The summed E-state index contributed by atoms with van der Waals surface area (Å²) in [5, 5.41) is 7.24. The molecule has 5 heteroatoms. The molecule has 0 aliphatic rings. The van der Waals surface area contributed by atoms with E-state index in [0.717, 1.165) is 25.3 Å². The molecule has 0 saturated carbocycles. The van der Waals surface area contributed by atoms with Gasteiger partial charge in [-0.1, -0.05) is 29.4 Å². The molecular formula is C14H19N3O2. The average molecular weight is 261 g/mol. The van der Waals surface area contributed by atoms with Crippen LogP contribution in [0.15, 0.2) is 28.8 Å². The van der Waals surface area contributed by atoms with Gasteiger partial charge in [0.25, 0.3) is 0 Å². The lowest BCUT2D eigenvalue weighted by molar-refractivity contribution is 0.184. The Balaban J connectivity index is 1.79. The molecule has 0 amide bonds. The minimum atomic E-state index is 0.612. The van der Waals surface area contributed by atoms with Crippen molar-refractivity contribution in [3.63, 3.8) is 0 Å². The Morgan fingerprint density at radius 1 is 1.26 bits per heavy atom. The number of methoxy groups -OCH3 is 1. The number of nitrogens with one attached hydrogen (secondary N) is 1. The van der Waals surface area contributed by atoms with E-state index in [1.165, 1.54) is 11.1 Å². The number of hydrogen-bond donors (Lipinski definition) is 1. The topological polar surface area (TPSA) is 60.2 Å². The van der Waals surface area contributed by atoms with Crippen LogP contribution >= 0.6 is 0 Å². The van der Waals surface area contributed by atoms with Gasteiger partial charge in [0.15, 0.2) is 5.82 Å². The summed E-state index contributed by atoms with van der Waals surface area (Å²) in [6.07, 6.45) is 0.768. The molecule has 0 fully saturated rings. The Morgan fingerprint density at radius 2 is 2.05 bits per heavy atom. The average Bonchev–Trinajstić information content (AvgIpc) is 2.83. The van der Waals surface area contributed by atoms with E-state index in [9.17, 15) is 0 Å². The van der Waals surface area contributed by atoms with E-state index < -0.39 is 0 Å². The monoisotopic (exact) mass is 261 g/mol. The van der Waals surface area contributed by atoms with Gasteiger partial charge in [-0.15, -0.1) is 0 Å². The second-order valence-corrected chi connectivity index (χ2v) is 4.36. The van der Waals surface area contributed by atoms with Crippen molar-refractivity contribution in [2.45, 2.75) is 26.5 Å². The first-order chi connectivity index (χ1) is 9.29. The van der Waals surface area contributed by atoms with E-state index in [2.05, 4.69) is 27.6 Å². The second-order valence-electron chi connectivity index (χ2n) is 4.36. The van der Waals surface area contributed by atoms with E-state index >= 15 is 0 Å². The molecule has 0 spiro atoms. The summed E-state index contributed by atoms with van der Waals surface area (Å²) in [4.78, 5) is 4.16. The summed E-state index contributed by atoms with van der Waals surface area (Å²) in [5.74, 6) is 1.36. The molecule has 5 nitrogen and oxygen atoms in total. The Hall–Kier alpha value is -1.72. The lowest BCUT2D eigenvalue weighted by Crippen LogP contribution is -2.18. The lowest BCUT2D eigenvalue weighted by atomic mass is 10.1. The van der Waals surface area contributed by atoms with E-state index in [4.69, 9.17) is 9.26 Å². The van der Waals surface area contributed by atoms with E-state index in [1.807, 2.05) is 12.1 Å². The van der Waals surface area contributed by atoms with Crippen molar-refractivity contribution < 1.29 is 9.26 Å². The summed E-state index contributed by atoms with van der Waals surface area (Å²) in [7, 11) is 1.71. The Labute approximate surface area is 113 Å². The van der Waals surface area contributed by atoms with Crippen molar-refractivity contribution in [1.82, 2.24) is 15.5 Å². The summed E-state index contributed by atoms with van der Waals surface area (Å²) >= 11 is 0. The molecule has 19 heavy (non-hydrogen) atoms. The maximum absolute atomic E-state index is 5.19. The molecule has 0 radical (unpaired) electrons. The fourth-order valence-electron chi connectivity index (χ4n) is 1.89. The number of hydrogen-bond acceptors (Lipinski definition) is 5. The van der Waals surface area contributed by atoms with Gasteiger partial charge in [-0.25, -0.2) is 0 Å². The van der Waals surface area contributed by atoms with Crippen LogP contribution in [0.25, 0.3) is 0 Å². The van der Waals surface area contributed by atoms with Crippen LogP contribution in [-0.2, 0) is 24.3 Å². The molecule has 0 saturated heterocycles. The first-order valence-corrected chi connectivity index (χ1v) is 6.35. The SMILES string of the molecule is COCc1ccccc1CNCCc1noc(C)n1. The maximum atomic E-state index is 5.19. The van der Waals surface area contributed by atoms with Gasteiger partial charge in [0, 0.05) is 33.5 Å². The largest absolute Gasteiger partial charge is 0.380 e. The van der Waals surface area contributed by atoms with Gasteiger partial charge in [-0.2, -0.15) is 4.98 Å². The van der Waals surface area contributed by atoms with Crippen LogP contribution in [0.3, 0.4) is 0 Å². The van der Waals surface area contributed by atoms with Crippen LogP contribution in [-0.4, -0.2) is 23.8 Å². The summed E-state index contributed by atoms with van der Waals surface area (Å²) in [5.41, 5.74) is 2.47. The van der Waals surface area contributed by atoms with Crippen molar-refractivity contribution in [1.29, 1.82) is 0 Å². The molecule has 0 atom stereocenters. The van der Waals surface area contributed by atoms with Crippen LogP contribution < -0.4 is 5.32 Å². The van der Waals surface area contributed by atoms with Gasteiger partial charge in [0.05, 0.1) is 6.61 Å². The van der Waals surface area contributed by atoms with Gasteiger partial charge >= 0.3 is 0 Å². The maximum Gasteiger partial charge on any atom is 0.223 e. The predicted molar refractivity (Wildman–Crippen MR) is 71.6 cm³/mol. The lowest BCUT2D eigenvalue weighted by Gasteiger charge is -2.09. The van der Waals surface area contributed by atoms with E-state index in [-0.39, 0.29) is 0 Å². The molecule has 0 unspecified atom stereocenters. The minimum Gasteiger partial charge on any atom is -0.380 e. The van der Waals surface area contributed by atoms with Gasteiger partial charge in [-0.05, 0) is 11.1 Å². The van der Waals surface area contributed by atoms with Gasteiger partial charge in [0.2, 0.25) is 5.89 Å². The third kappa shape index (κ3) is 4.15. The molecule has 102 valence electrons. The number of aromatic nitrogens is 2. The smallest absolute Gasteiger partial charge is 0.223 e. The summed E-state index contributed by atoms with van der Waals surface area (Å²) in [6.45, 7) is 4.07. The fraction of sp³-hybridized carbons (Fsp3) is 0.429. The van der Waals surface area contributed by atoms with Crippen LogP contribution in [0.2, 0.25) is 0 Å². The molecule has 1 N–H and O–H groups in total. The normalized spacial score (nSPS) is 10.8.